The maximum Gasteiger partial charge on any atom is 2.00 e. The fourth-order valence-corrected chi connectivity index (χ4v) is 10.7. The largest absolute Gasteiger partial charge is 2.00 e. The maximum absolute atomic E-state index is 12.4. The fourth-order valence-electron chi connectivity index (χ4n) is 10.7. The second-order valence-corrected chi connectivity index (χ2v) is 18.0. The van der Waals surface area contributed by atoms with Crippen LogP contribution in [0.15, 0.2) is 279 Å². The van der Waals surface area contributed by atoms with Crippen LogP contribution in [0.2, 0.25) is 0 Å². The number of rotatable bonds is 11. The molecular weight excluding hydrogens is 929 g/mol. The summed E-state index contributed by atoms with van der Waals surface area (Å²) in [6, 6.07) is 91.9. The Hall–Kier alpha value is -8.41. The molecule has 5 heteroatoms. The summed E-state index contributed by atoms with van der Waals surface area (Å²) in [4.78, 5) is 24.8. The minimum atomic E-state index is -1.20. The van der Waals surface area contributed by atoms with Gasteiger partial charge in [0, 0.05) is 0 Å². The normalized spacial score (nSPS) is 11.2. The van der Waals surface area contributed by atoms with Gasteiger partial charge < -0.3 is 10.2 Å². The number of hydrogen-bond acceptors (Lipinski definition) is 2. The molecule has 0 saturated heterocycles. The van der Waals surface area contributed by atoms with Gasteiger partial charge in [-0.1, -0.05) is 268 Å². The quantitative estimate of drug-likeness (QED) is 0.0769. The van der Waals surface area contributed by atoms with E-state index in [2.05, 4.69) is 97.1 Å². The molecule has 73 heavy (non-hydrogen) atoms. The molecule has 12 aromatic rings. The predicted molar refractivity (Wildman–Crippen MR) is 295 cm³/mol. The Labute approximate surface area is 441 Å². The van der Waals surface area contributed by atoms with Crippen molar-refractivity contribution in [1.82, 2.24) is 0 Å². The summed E-state index contributed by atoms with van der Waals surface area (Å²) < 4.78 is 0. The topological polar surface area (TPSA) is 74.6 Å². The van der Waals surface area contributed by atoms with E-state index < -0.39 is 22.8 Å². The Kier molecular flexibility index (Phi) is 15.2. The van der Waals surface area contributed by atoms with Gasteiger partial charge in [0.1, 0.15) is 10.8 Å². The zero-order valence-corrected chi connectivity index (χ0v) is 41.7. The Balaban J connectivity index is 0.000000136. The smallest absolute Gasteiger partial charge is 0.480 e. The summed E-state index contributed by atoms with van der Waals surface area (Å²) in [7, 11) is 0. The van der Waals surface area contributed by atoms with Gasteiger partial charge in [-0.2, -0.15) is 0 Å². The first-order valence-electron chi connectivity index (χ1n) is 24.3. The van der Waals surface area contributed by atoms with E-state index in [0.717, 1.165) is 46.2 Å². The Morgan fingerprint density at radius 2 is 0.534 bits per heavy atom. The molecule has 0 amide bonds. The van der Waals surface area contributed by atoms with E-state index in [0.29, 0.717) is 0 Å². The summed E-state index contributed by atoms with van der Waals surface area (Å²) in [5.74, 6) is -1.76. The monoisotopic (exact) mass is 980 g/mol. The van der Waals surface area contributed by atoms with Crippen LogP contribution in [-0.2, 0) is 55.0 Å². The summed E-state index contributed by atoms with van der Waals surface area (Å²) in [5, 5.41) is 31.4. The molecule has 2 N–H and O–H groups in total. The number of hydrogen-bond donors (Lipinski definition) is 2. The van der Waals surface area contributed by atoms with Gasteiger partial charge in [0.15, 0.2) is 0 Å². The molecule has 0 aromatic heterocycles. The van der Waals surface area contributed by atoms with Crippen LogP contribution in [0.5, 0.6) is 0 Å². The molecule has 12 aromatic carbocycles. The minimum Gasteiger partial charge on any atom is -0.480 e. The molecule has 352 valence electrons. The molecule has 0 aliphatic rings. The van der Waals surface area contributed by atoms with Crippen LogP contribution in [0, 0.1) is 0 Å². The zero-order chi connectivity index (χ0) is 49.3. The van der Waals surface area contributed by atoms with Crippen LogP contribution >= 0.6 is 0 Å². The maximum atomic E-state index is 12.4. The van der Waals surface area contributed by atoms with Crippen molar-refractivity contribution >= 4 is 55.0 Å². The average molecular weight is 981 g/mol. The number of carbonyl (C=O) groups is 2. The Bertz CT molecular complexity index is 3290. The first-order chi connectivity index (χ1) is 35.4. The molecule has 0 aliphatic carbocycles. The minimum absolute atomic E-state index is 0. The van der Waals surface area contributed by atoms with Crippen LogP contribution in [0.1, 0.15) is 44.5 Å². The fraction of sp³-hybridized carbons (Fsp3) is 0.0588. The van der Waals surface area contributed by atoms with Crippen molar-refractivity contribution in [3.05, 3.63) is 324 Å². The molecule has 0 fully saturated rings. The molecule has 0 unspecified atom stereocenters. The second kappa shape index (κ2) is 22.3. The molecule has 0 atom stereocenters. The van der Waals surface area contributed by atoms with E-state index in [1.54, 1.807) is 0 Å². The van der Waals surface area contributed by atoms with E-state index in [1.165, 1.54) is 54.2 Å². The van der Waals surface area contributed by atoms with E-state index in [9.17, 15) is 19.8 Å². The predicted octanol–water partition coefficient (Wildman–Crippen LogP) is 15.7. The summed E-state index contributed by atoms with van der Waals surface area (Å²) in [6.45, 7) is 0. The van der Waals surface area contributed by atoms with Crippen LogP contribution in [-0.4, -0.2) is 22.2 Å². The van der Waals surface area contributed by atoms with Crippen molar-refractivity contribution in [2.45, 2.75) is 23.7 Å². The van der Waals surface area contributed by atoms with Crippen LogP contribution < -0.4 is 0 Å². The van der Waals surface area contributed by atoms with Gasteiger partial charge in [0.2, 0.25) is 0 Å². The van der Waals surface area contributed by atoms with Crippen molar-refractivity contribution in [3.63, 3.8) is 0 Å². The Morgan fingerprint density at radius 3 is 0.795 bits per heavy atom. The number of aliphatic carboxylic acids is 2. The zero-order valence-electron chi connectivity index (χ0n) is 40.2. The molecule has 0 aliphatic heterocycles. The van der Waals surface area contributed by atoms with Gasteiger partial charge in [-0.3, -0.25) is 9.59 Å². The average Bonchev–Trinajstić information content (AvgIpc) is 4.02. The summed E-state index contributed by atoms with van der Waals surface area (Å²) in [5.41, 5.74) is 4.98. The van der Waals surface area contributed by atoms with E-state index in [1.807, 2.05) is 182 Å². The van der Waals surface area contributed by atoms with Crippen molar-refractivity contribution < 1.29 is 41.5 Å². The van der Waals surface area contributed by atoms with Gasteiger partial charge in [-0.05, 0) is 33.4 Å². The second-order valence-electron chi connectivity index (χ2n) is 18.0. The number of benzene rings is 10. The Morgan fingerprint density at radius 1 is 0.301 bits per heavy atom. The van der Waals surface area contributed by atoms with Crippen LogP contribution in [0.4, 0.5) is 0 Å². The van der Waals surface area contributed by atoms with E-state index in [-0.39, 0.29) is 21.7 Å². The van der Waals surface area contributed by atoms with E-state index in [4.69, 9.17) is 0 Å². The van der Waals surface area contributed by atoms with Gasteiger partial charge in [-0.25, -0.2) is 0 Å². The number of carboxylic acids is 2. The SMILES string of the molecule is O=C(O)C(c1ccccc1)(c1ccccc1)c1ccccc1.O=C(O)C(c1ccccc1)(c1ccccc1)c1ccccc1.[Ti+2].c1ccc2c(c1)[cH-]c1c(CCc3cccc4c3[cH-]c3ccccc34)cccc12. The standard InChI is InChI=1S/C28H20.2C20H16O2.Ti/c1-3-11-23-21(7-1)17-27-19(9-5-13-25(23)27)15-16-20-10-6-14-26-24-12-4-2-8-22(24)18-28(20)26;2*21-19(22)20(16-10-4-1-5-11-16,17-12-6-2-7-13-17)18-14-8-3-9-15-18;/h1-14,17-18H,15-16H2;2*1-15H,(H,21,22);/q-2;;;+2. The number of fused-ring (bicyclic) bond motifs is 6. The third-order valence-corrected chi connectivity index (χ3v) is 14.0. The molecule has 0 saturated carbocycles. The number of carboxylic acid groups (broad SMARTS) is 2. The molecule has 0 bridgehead atoms. The first-order valence-corrected chi connectivity index (χ1v) is 24.3. The van der Waals surface area contributed by atoms with Gasteiger partial charge >= 0.3 is 33.7 Å². The molecular formula is C68H52O4Ti. The van der Waals surface area contributed by atoms with Gasteiger partial charge in [-0.15, -0.1) is 78.5 Å². The number of aryl methyl sites for hydroxylation is 2. The molecule has 0 radical (unpaired) electrons. The van der Waals surface area contributed by atoms with Crippen molar-refractivity contribution in [1.29, 1.82) is 0 Å². The van der Waals surface area contributed by atoms with Crippen molar-refractivity contribution in [3.8, 4) is 0 Å². The summed E-state index contributed by atoms with van der Waals surface area (Å²) in [6.07, 6.45) is 2.13. The molecule has 12 rings (SSSR count). The van der Waals surface area contributed by atoms with Crippen molar-refractivity contribution in [2.75, 3.05) is 0 Å². The summed E-state index contributed by atoms with van der Waals surface area (Å²) >= 11 is 0. The molecule has 0 heterocycles. The van der Waals surface area contributed by atoms with Crippen molar-refractivity contribution in [2.24, 2.45) is 0 Å². The molecule has 4 nitrogen and oxygen atoms in total. The van der Waals surface area contributed by atoms with Crippen LogP contribution in [0.3, 0.4) is 0 Å². The van der Waals surface area contributed by atoms with E-state index >= 15 is 0 Å². The van der Waals surface area contributed by atoms with Gasteiger partial charge in [0.05, 0.1) is 0 Å². The first kappa shape index (κ1) is 49.6. The third-order valence-electron chi connectivity index (χ3n) is 14.0. The molecule has 0 spiro atoms. The van der Waals surface area contributed by atoms with Gasteiger partial charge in [0.25, 0.3) is 0 Å². The third kappa shape index (κ3) is 9.59. The van der Waals surface area contributed by atoms with Crippen LogP contribution in [0.25, 0.3) is 43.1 Å².